The molecule has 0 spiro atoms. The first kappa shape index (κ1) is 8.64. The van der Waals surface area contributed by atoms with Crippen molar-refractivity contribution in [1.29, 1.82) is 5.26 Å². The van der Waals surface area contributed by atoms with Gasteiger partial charge in [0.15, 0.2) is 0 Å². The Labute approximate surface area is 58.3 Å². The fourth-order valence-corrected chi connectivity index (χ4v) is 1.43. The lowest BCUT2D eigenvalue weighted by Gasteiger charge is -2.00. The van der Waals surface area contributed by atoms with Crippen molar-refractivity contribution < 1.29 is 4.21 Å². The zero-order chi connectivity index (χ0) is 7.28. The summed E-state index contributed by atoms with van der Waals surface area (Å²) in [6, 6.07) is 2.00. The molecular formula is C6H11NOS. The van der Waals surface area contributed by atoms with Crippen LogP contribution in [0.2, 0.25) is 0 Å². The van der Waals surface area contributed by atoms with Crippen LogP contribution in [0.25, 0.3) is 0 Å². The van der Waals surface area contributed by atoms with E-state index >= 15 is 0 Å². The van der Waals surface area contributed by atoms with E-state index in [0.717, 1.165) is 0 Å². The molecule has 0 aromatic heterocycles. The molecule has 0 radical (unpaired) electrons. The van der Waals surface area contributed by atoms with Crippen molar-refractivity contribution >= 4 is 10.8 Å². The smallest absolute Gasteiger partial charge is 0.121 e. The van der Waals surface area contributed by atoms with Crippen LogP contribution in [0.1, 0.15) is 20.3 Å². The Morgan fingerprint density at radius 1 is 1.67 bits per heavy atom. The molecule has 9 heavy (non-hydrogen) atoms. The van der Waals surface area contributed by atoms with E-state index in [9.17, 15) is 4.21 Å². The van der Waals surface area contributed by atoms with E-state index in [-0.39, 0.29) is 5.25 Å². The van der Waals surface area contributed by atoms with Gasteiger partial charge in [0.05, 0.1) is 6.07 Å². The summed E-state index contributed by atoms with van der Waals surface area (Å²) < 4.78 is 10.9. The Hall–Kier alpha value is -0.360. The van der Waals surface area contributed by atoms with Crippen LogP contribution in [-0.4, -0.2) is 15.2 Å². The summed E-state index contributed by atoms with van der Waals surface area (Å²) in [7, 11) is -0.926. The molecule has 0 N–H and O–H groups in total. The summed E-state index contributed by atoms with van der Waals surface area (Å²) in [6.07, 6.45) is 0.691. The van der Waals surface area contributed by atoms with Gasteiger partial charge in [0.1, 0.15) is 5.25 Å². The summed E-state index contributed by atoms with van der Waals surface area (Å²) in [4.78, 5) is 0. The SMILES string of the molecule is CCC(C#N)S(=O)CC. The van der Waals surface area contributed by atoms with Gasteiger partial charge in [-0.05, 0) is 6.42 Å². The molecule has 0 aliphatic carbocycles. The number of hydrogen-bond acceptors (Lipinski definition) is 2. The average Bonchev–Trinajstić information content (AvgIpc) is 1.90. The maximum atomic E-state index is 10.9. The molecule has 0 rings (SSSR count). The third-order valence-electron chi connectivity index (χ3n) is 1.12. The predicted molar refractivity (Wildman–Crippen MR) is 38.4 cm³/mol. The highest BCUT2D eigenvalue weighted by Gasteiger charge is 2.09. The Kier molecular flexibility index (Phi) is 4.33. The van der Waals surface area contributed by atoms with E-state index in [1.165, 1.54) is 0 Å². The van der Waals surface area contributed by atoms with Gasteiger partial charge in [-0.15, -0.1) is 0 Å². The standard InChI is InChI=1S/C6H11NOS/c1-3-6(5-7)9(8)4-2/h6H,3-4H2,1-2H3. The lowest BCUT2D eigenvalue weighted by Crippen LogP contribution is -2.12. The molecule has 0 bridgehead atoms. The summed E-state index contributed by atoms with van der Waals surface area (Å²) in [5.74, 6) is 0.589. The first-order chi connectivity index (χ1) is 4.26. The van der Waals surface area contributed by atoms with E-state index in [1.807, 2.05) is 19.9 Å². The average molecular weight is 145 g/mol. The summed E-state index contributed by atoms with van der Waals surface area (Å²) >= 11 is 0. The second-order valence-corrected chi connectivity index (χ2v) is 3.60. The van der Waals surface area contributed by atoms with Gasteiger partial charge in [0.25, 0.3) is 0 Å². The molecule has 0 saturated heterocycles. The largest absolute Gasteiger partial charge is 0.258 e. The third kappa shape index (κ3) is 2.62. The highest BCUT2D eigenvalue weighted by Crippen LogP contribution is 1.99. The van der Waals surface area contributed by atoms with Crippen LogP contribution in [0.15, 0.2) is 0 Å². The molecule has 2 atom stereocenters. The Balaban J connectivity index is 3.84. The molecule has 2 unspecified atom stereocenters. The van der Waals surface area contributed by atoms with Gasteiger partial charge >= 0.3 is 0 Å². The van der Waals surface area contributed by atoms with Crippen molar-refractivity contribution in [3.05, 3.63) is 0 Å². The van der Waals surface area contributed by atoms with Crippen LogP contribution >= 0.6 is 0 Å². The molecule has 0 aromatic rings. The molecule has 0 aliphatic heterocycles. The molecule has 0 aromatic carbocycles. The fourth-order valence-electron chi connectivity index (χ4n) is 0.537. The fraction of sp³-hybridized carbons (Fsp3) is 0.833. The van der Waals surface area contributed by atoms with Crippen molar-refractivity contribution in [2.75, 3.05) is 5.75 Å². The number of nitrogens with zero attached hydrogens (tertiary/aromatic N) is 1. The Morgan fingerprint density at radius 3 is 2.33 bits per heavy atom. The number of hydrogen-bond donors (Lipinski definition) is 0. The van der Waals surface area contributed by atoms with Crippen LogP contribution in [0, 0.1) is 11.3 Å². The van der Waals surface area contributed by atoms with Gasteiger partial charge in [0, 0.05) is 16.6 Å². The van der Waals surface area contributed by atoms with E-state index in [1.54, 1.807) is 0 Å². The molecule has 0 amide bonds. The molecule has 52 valence electrons. The summed E-state index contributed by atoms with van der Waals surface area (Å²) in [6.45, 7) is 3.71. The predicted octanol–water partition coefficient (Wildman–Crippen LogP) is 1.06. The maximum absolute atomic E-state index is 10.9. The van der Waals surface area contributed by atoms with Gasteiger partial charge < -0.3 is 0 Å². The molecular weight excluding hydrogens is 134 g/mol. The Bertz CT molecular complexity index is 138. The summed E-state index contributed by atoms with van der Waals surface area (Å²) in [5.41, 5.74) is 0. The molecule has 0 heterocycles. The zero-order valence-corrected chi connectivity index (χ0v) is 6.57. The topological polar surface area (TPSA) is 40.9 Å². The van der Waals surface area contributed by atoms with Crippen molar-refractivity contribution in [2.45, 2.75) is 25.5 Å². The lowest BCUT2D eigenvalue weighted by atomic mass is 10.4. The first-order valence-electron chi connectivity index (χ1n) is 3.03. The van der Waals surface area contributed by atoms with E-state index in [4.69, 9.17) is 5.26 Å². The maximum Gasteiger partial charge on any atom is 0.121 e. The van der Waals surface area contributed by atoms with E-state index < -0.39 is 10.8 Å². The van der Waals surface area contributed by atoms with Gasteiger partial charge in [-0.1, -0.05) is 13.8 Å². The van der Waals surface area contributed by atoms with E-state index in [0.29, 0.717) is 12.2 Å². The molecule has 0 fully saturated rings. The minimum absolute atomic E-state index is 0.255. The lowest BCUT2D eigenvalue weighted by molar-refractivity contribution is 0.677. The Morgan fingerprint density at radius 2 is 2.22 bits per heavy atom. The molecule has 0 aliphatic rings. The third-order valence-corrected chi connectivity index (χ3v) is 2.76. The van der Waals surface area contributed by atoms with Crippen LogP contribution in [-0.2, 0) is 10.8 Å². The minimum Gasteiger partial charge on any atom is -0.258 e. The highest BCUT2D eigenvalue weighted by molar-refractivity contribution is 7.85. The molecule has 2 nitrogen and oxygen atoms in total. The van der Waals surface area contributed by atoms with Gasteiger partial charge in [-0.3, -0.25) is 4.21 Å². The molecule has 0 saturated carbocycles. The normalized spacial score (nSPS) is 16.1. The van der Waals surface area contributed by atoms with Crippen molar-refractivity contribution in [3.8, 4) is 6.07 Å². The number of nitriles is 1. The van der Waals surface area contributed by atoms with Crippen molar-refractivity contribution in [3.63, 3.8) is 0 Å². The van der Waals surface area contributed by atoms with Crippen molar-refractivity contribution in [2.24, 2.45) is 0 Å². The van der Waals surface area contributed by atoms with Crippen LogP contribution in [0.4, 0.5) is 0 Å². The highest BCUT2D eigenvalue weighted by atomic mass is 32.2. The number of rotatable bonds is 3. The van der Waals surface area contributed by atoms with Crippen molar-refractivity contribution in [1.82, 2.24) is 0 Å². The van der Waals surface area contributed by atoms with Crippen LogP contribution in [0.3, 0.4) is 0 Å². The van der Waals surface area contributed by atoms with Gasteiger partial charge in [-0.25, -0.2) is 0 Å². The van der Waals surface area contributed by atoms with E-state index in [2.05, 4.69) is 0 Å². The quantitative estimate of drug-likeness (QED) is 0.595. The second-order valence-electron chi connectivity index (χ2n) is 1.70. The molecule has 3 heteroatoms. The van der Waals surface area contributed by atoms with Gasteiger partial charge in [0.2, 0.25) is 0 Å². The minimum atomic E-state index is -0.926. The zero-order valence-electron chi connectivity index (χ0n) is 5.76. The second kappa shape index (κ2) is 4.51. The monoisotopic (exact) mass is 145 g/mol. The summed E-state index contributed by atoms with van der Waals surface area (Å²) in [5, 5.41) is 8.13. The van der Waals surface area contributed by atoms with Crippen LogP contribution in [0.5, 0.6) is 0 Å². The first-order valence-corrected chi connectivity index (χ1v) is 4.41. The van der Waals surface area contributed by atoms with Crippen LogP contribution < -0.4 is 0 Å². The van der Waals surface area contributed by atoms with Gasteiger partial charge in [-0.2, -0.15) is 5.26 Å².